The van der Waals surface area contributed by atoms with Crippen LogP contribution in [0.5, 0.6) is 0 Å². The van der Waals surface area contributed by atoms with E-state index in [1.807, 2.05) is 29.9 Å². The van der Waals surface area contributed by atoms with Gasteiger partial charge >= 0.3 is 0 Å². The topological polar surface area (TPSA) is 42.7 Å². The fourth-order valence-corrected chi connectivity index (χ4v) is 1.69. The molecule has 1 N–H and O–H groups in total. The van der Waals surface area contributed by atoms with E-state index in [1.54, 1.807) is 0 Å². The van der Waals surface area contributed by atoms with Crippen molar-refractivity contribution in [3.63, 3.8) is 0 Å². The van der Waals surface area contributed by atoms with E-state index in [0.717, 1.165) is 24.0 Å². The molecule has 1 aromatic carbocycles. The third-order valence-electron chi connectivity index (χ3n) is 2.61. The summed E-state index contributed by atoms with van der Waals surface area (Å²) in [6, 6.07) is 8.44. The number of fused-ring (bicyclic) bond motifs is 1. The predicted molar refractivity (Wildman–Crippen MR) is 60.8 cm³/mol. The second kappa shape index (κ2) is 4.40. The molecule has 0 radical (unpaired) electrons. The maximum absolute atomic E-state index is 4.19. The monoisotopic (exact) mass is 204 g/mol. The first-order valence-electron chi connectivity index (χ1n) is 5.27. The smallest absolute Gasteiger partial charge is 0.113 e. The van der Waals surface area contributed by atoms with Gasteiger partial charge in [-0.05, 0) is 39.1 Å². The lowest BCUT2D eigenvalue weighted by Crippen LogP contribution is -2.15. The molecule has 2 aromatic rings. The molecular formula is C11H16N4. The van der Waals surface area contributed by atoms with Crippen molar-refractivity contribution < 1.29 is 0 Å². The standard InChI is InChI=1S/C11H16N4/c1-9(7-8-12-2)15-11-6-4-3-5-10(11)13-14-15/h3-6,9,12H,7-8H2,1-2H3. The predicted octanol–water partition coefficient (Wildman–Crippen LogP) is 1.60. The van der Waals surface area contributed by atoms with Crippen LogP contribution in [0.2, 0.25) is 0 Å². The van der Waals surface area contributed by atoms with Crippen LogP contribution < -0.4 is 5.32 Å². The Morgan fingerprint density at radius 1 is 1.40 bits per heavy atom. The molecule has 0 aliphatic carbocycles. The molecule has 0 spiro atoms. The SMILES string of the molecule is CNCCC(C)n1nnc2ccccc21. The van der Waals surface area contributed by atoms with Gasteiger partial charge in [-0.3, -0.25) is 0 Å². The summed E-state index contributed by atoms with van der Waals surface area (Å²) < 4.78 is 1.99. The van der Waals surface area contributed by atoms with Gasteiger partial charge in [0.25, 0.3) is 0 Å². The Balaban J connectivity index is 2.27. The molecule has 2 rings (SSSR count). The summed E-state index contributed by atoms with van der Waals surface area (Å²) in [7, 11) is 1.96. The molecule has 0 saturated heterocycles. The summed E-state index contributed by atoms with van der Waals surface area (Å²) in [4.78, 5) is 0. The zero-order valence-electron chi connectivity index (χ0n) is 9.14. The summed E-state index contributed by atoms with van der Waals surface area (Å²) in [5, 5.41) is 11.5. The summed E-state index contributed by atoms with van der Waals surface area (Å²) in [5.74, 6) is 0. The summed E-state index contributed by atoms with van der Waals surface area (Å²) in [6.07, 6.45) is 1.06. The minimum atomic E-state index is 0.379. The van der Waals surface area contributed by atoms with Crippen LogP contribution in [0.15, 0.2) is 24.3 Å². The van der Waals surface area contributed by atoms with Gasteiger partial charge in [0, 0.05) is 0 Å². The number of hydrogen-bond donors (Lipinski definition) is 1. The van der Waals surface area contributed by atoms with Gasteiger partial charge in [0.05, 0.1) is 11.6 Å². The van der Waals surface area contributed by atoms with Gasteiger partial charge in [-0.25, -0.2) is 4.68 Å². The Morgan fingerprint density at radius 3 is 3.00 bits per heavy atom. The van der Waals surface area contributed by atoms with Crippen molar-refractivity contribution in [3.8, 4) is 0 Å². The second-order valence-corrected chi connectivity index (χ2v) is 3.76. The summed E-state index contributed by atoms with van der Waals surface area (Å²) in [5.41, 5.74) is 2.08. The van der Waals surface area contributed by atoms with E-state index in [1.165, 1.54) is 0 Å². The highest BCUT2D eigenvalue weighted by Gasteiger charge is 2.09. The molecule has 1 heterocycles. The number of aromatic nitrogens is 3. The summed E-state index contributed by atoms with van der Waals surface area (Å²) >= 11 is 0. The quantitative estimate of drug-likeness (QED) is 0.822. The zero-order valence-corrected chi connectivity index (χ0v) is 9.14. The fraction of sp³-hybridized carbons (Fsp3) is 0.455. The van der Waals surface area contributed by atoms with E-state index < -0.39 is 0 Å². The highest BCUT2D eigenvalue weighted by molar-refractivity contribution is 5.73. The third-order valence-corrected chi connectivity index (χ3v) is 2.61. The molecule has 80 valence electrons. The molecular weight excluding hydrogens is 188 g/mol. The maximum Gasteiger partial charge on any atom is 0.113 e. The van der Waals surface area contributed by atoms with E-state index in [9.17, 15) is 0 Å². The Labute approximate surface area is 89.3 Å². The average molecular weight is 204 g/mol. The normalized spacial score (nSPS) is 13.2. The van der Waals surface area contributed by atoms with Gasteiger partial charge in [0.1, 0.15) is 5.52 Å². The molecule has 1 unspecified atom stereocenters. The van der Waals surface area contributed by atoms with Crippen molar-refractivity contribution in [2.75, 3.05) is 13.6 Å². The van der Waals surface area contributed by atoms with Crippen LogP contribution in [-0.2, 0) is 0 Å². The van der Waals surface area contributed by atoms with Gasteiger partial charge in [-0.2, -0.15) is 0 Å². The zero-order chi connectivity index (χ0) is 10.7. The molecule has 0 aliphatic heterocycles. The Kier molecular flexibility index (Phi) is 2.97. The maximum atomic E-state index is 4.19. The molecule has 0 aliphatic rings. The first kappa shape index (κ1) is 10.1. The molecule has 0 bridgehead atoms. The van der Waals surface area contributed by atoms with Crippen molar-refractivity contribution >= 4 is 11.0 Å². The van der Waals surface area contributed by atoms with Crippen LogP contribution in [0.3, 0.4) is 0 Å². The van der Waals surface area contributed by atoms with Gasteiger partial charge in [0.2, 0.25) is 0 Å². The number of rotatable bonds is 4. The lowest BCUT2D eigenvalue weighted by atomic mass is 10.2. The lowest BCUT2D eigenvalue weighted by molar-refractivity contribution is 0.453. The van der Waals surface area contributed by atoms with E-state index in [2.05, 4.69) is 28.6 Å². The average Bonchev–Trinajstić information content (AvgIpc) is 2.69. The number of para-hydroxylation sites is 1. The minimum absolute atomic E-state index is 0.379. The minimum Gasteiger partial charge on any atom is -0.320 e. The third kappa shape index (κ3) is 1.99. The van der Waals surface area contributed by atoms with Gasteiger partial charge in [-0.15, -0.1) is 5.10 Å². The second-order valence-electron chi connectivity index (χ2n) is 3.76. The van der Waals surface area contributed by atoms with Gasteiger partial charge < -0.3 is 5.32 Å². The van der Waals surface area contributed by atoms with Crippen molar-refractivity contribution in [2.24, 2.45) is 0 Å². The van der Waals surface area contributed by atoms with Crippen molar-refractivity contribution in [1.82, 2.24) is 20.3 Å². The van der Waals surface area contributed by atoms with Crippen LogP contribution in [-0.4, -0.2) is 28.6 Å². The van der Waals surface area contributed by atoms with E-state index >= 15 is 0 Å². The lowest BCUT2D eigenvalue weighted by Gasteiger charge is -2.11. The van der Waals surface area contributed by atoms with Crippen LogP contribution in [0.1, 0.15) is 19.4 Å². The van der Waals surface area contributed by atoms with Crippen LogP contribution >= 0.6 is 0 Å². The van der Waals surface area contributed by atoms with Crippen molar-refractivity contribution in [1.29, 1.82) is 0 Å². The fourth-order valence-electron chi connectivity index (χ4n) is 1.69. The first-order chi connectivity index (χ1) is 7.33. The van der Waals surface area contributed by atoms with Gasteiger partial charge in [0.15, 0.2) is 0 Å². The van der Waals surface area contributed by atoms with E-state index in [4.69, 9.17) is 0 Å². The van der Waals surface area contributed by atoms with E-state index in [0.29, 0.717) is 6.04 Å². The van der Waals surface area contributed by atoms with Crippen molar-refractivity contribution in [2.45, 2.75) is 19.4 Å². The molecule has 0 saturated carbocycles. The molecule has 4 heteroatoms. The largest absolute Gasteiger partial charge is 0.320 e. The number of nitrogens with one attached hydrogen (secondary N) is 1. The number of hydrogen-bond acceptors (Lipinski definition) is 3. The molecule has 15 heavy (non-hydrogen) atoms. The summed E-state index contributed by atoms with van der Waals surface area (Å²) in [6.45, 7) is 3.16. The number of benzene rings is 1. The Morgan fingerprint density at radius 2 is 2.20 bits per heavy atom. The molecule has 1 atom stereocenters. The molecule has 4 nitrogen and oxygen atoms in total. The molecule has 0 fully saturated rings. The molecule has 0 amide bonds. The Hall–Kier alpha value is -1.42. The van der Waals surface area contributed by atoms with Crippen LogP contribution in [0, 0.1) is 0 Å². The molecule has 1 aromatic heterocycles. The van der Waals surface area contributed by atoms with Crippen LogP contribution in [0.25, 0.3) is 11.0 Å². The highest BCUT2D eigenvalue weighted by atomic mass is 15.4. The van der Waals surface area contributed by atoms with E-state index in [-0.39, 0.29) is 0 Å². The van der Waals surface area contributed by atoms with Crippen molar-refractivity contribution in [3.05, 3.63) is 24.3 Å². The Bertz CT molecular complexity index is 435. The highest BCUT2D eigenvalue weighted by Crippen LogP contribution is 2.16. The van der Waals surface area contributed by atoms with Gasteiger partial charge in [-0.1, -0.05) is 17.3 Å². The first-order valence-corrected chi connectivity index (χ1v) is 5.27. The van der Waals surface area contributed by atoms with Crippen LogP contribution in [0.4, 0.5) is 0 Å². The number of nitrogens with zero attached hydrogens (tertiary/aromatic N) is 3.